The van der Waals surface area contributed by atoms with Gasteiger partial charge in [0.05, 0.1) is 5.56 Å². The molecule has 0 aliphatic rings. The Hall–Kier alpha value is -4.33. The van der Waals surface area contributed by atoms with Crippen LogP contribution in [-0.4, -0.2) is 34.1 Å². The summed E-state index contributed by atoms with van der Waals surface area (Å²) in [6, 6.07) is 22.5. The molecule has 0 saturated heterocycles. The number of carbonyl (C=O) groups is 3. The predicted octanol–water partition coefficient (Wildman–Crippen LogP) is 4.28. The third kappa shape index (κ3) is 7.89. The van der Waals surface area contributed by atoms with Gasteiger partial charge in [0.15, 0.2) is 11.5 Å². The second kappa shape index (κ2) is 12.8. The van der Waals surface area contributed by atoms with E-state index < -0.39 is 23.9 Å². The van der Waals surface area contributed by atoms with Crippen LogP contribution in [0.15, 0.2) is 78.9 Å². The van der Waals surface area contributed by atoms with Gasteiger partial charge < -0.3 is 25.0 Å². The van der Waals surface area contributed by atoms with E-state index in [1.807, 2.05) is 60.7 Å². The van der Waals surface area contributed by atoms with Crippen LogP contribution in [0.3, 0.4) is 0 Å². The highest BCUT2D eigenvalue weighted by Crippen LogP contribution is 2.33. The quantitative estimate of drug-likeness (QED) is 0.336. The molecule has 3 aromatic carbocycles. The first-order chi connectivity index (χ1) is 16.9. The summed E-state index contributed by atoms with van der Waals surface area (Å²) in [6.45, 7) is 0.425. The molecule has 3 aromatic rings. The number of carboxylic acids is 2. The van der Waals surface area contributed by atoms with E-state index in [2.05, 4.69) is 5.32 Å². The van der Waals surface area contributed by atoms with Gasteiger partial charge in [-0.2, -0.15) is 0 Å². The molecule has 1 amide bonds. The second-order valence-electron chi connectivity index (χ2n) is 7.83. The predicted molar refractivity (Wildman–Crippen MR) is 128 cm³/mol. The lowest BCUT2D eigenvalue weighted by Gasteiger charge is -2.19. The lowest BCUT2D eigenvalue weighted by Crippen LogP contribution is -2.41. The van der Waals surface area contributed by atoms with Crippen molar-refractivity contribution in [3.63, 3.8) is 0 Å². The van der Waals surface area contributed by atoms with Gasteiger partial charge in [0.2, 0.25) is 0 Å². The molecule has 35 heavy (non-hydrogen) atoms. The van der Waals surface area contributed by atoms with Crippen molar-refractivity contribution >= 4 is 17.8 Å². The largest absolute Gasteiger partial charge is 0.485 e. The fourth-order valence-electron chi connectivity index (χ4n) is 3.37. The molecule has 0 unspecified atom stereocenters. The Morgan fingerprint density at radius 2 is 1.37 bits per heavy atom. The summed E-state index contributed by atoms with van der Waals surface area (Å²) in [5, 5.41) is 20.8. The van der Waals surface area contributed by atoms with E-state index >= 15 is 0 Å². The molecule has 0 spiro atoms. The van der Waals surface area contributed by atoms with Crippen molar-refractivity contribution in [1.29, 1.82) is 0 Å². The number of amides is 1. The van der Waals surface area contributed by atoms with Gasteiger partial charge in [-0.25, -0.2) is 4.79 Å². The standard InChI is InChI=1S/C27H27NO7/c29-24(30)16-8-14-22(27(32)33)28-26(31)21-13-7-15-23(34-17-19-9-3-1-4-10-19)25(21)35-18-20-11-5-2-6-12-20/h1-7,9-13,15,22H,8,14,16-18H2,(H,28,31)(H,29,30)(H,32,33)/t22-/m1/s1. The highest BCUT2D eigenvalue weighted by molar-refractivity contribution is 5.99. The van der Waals surface area contributed by atoms with Gasteiger partial charge >= 0.3 is 11.9 Å². The summed E-state index contributed by atoms with van der Waals surface area (Å²) in [4.78, 5) is 35.5. The summed E-state index contributed by atoms with van der Waals surface area (Å²) in [5.41, 5.74) is 1.94. The van der Waals surface area contributed by atoms with Gasteiger partial charge in [-0.05, 0) is 36.1 Å². The Kier molecular flexibility index (Phi) is 9.24. The molecular weight excluding hydrogens is 450 g/mol. The Balaban J connectivity index is 1.82. The fraction of sp³-hybridized carbons (Fsp3) is 0.222. The van der Waals surface area contributed by atoms with Crippen LogP contribution < -0.4 is 14.8 Å². The molecule has 1 atom stereocenters. The van der Waals surface area contributed by atoms with Gasteiger partial charge in [0.1, 0.15) is 19.3 Å². The zero-order valence-electron chi connectivity index (χ0n) is 19.1. The maximum atomic E-state index is 13.1. The lowest BCUT2D eigenvalue weighted by atomic mass is 10.1. The Morgan fingerprint density at radius 1 is 0.771 bits per heavy atom. The molecule has 3 rings (SSSR count). The second-order valence-corrected chi connectivity index (χ2v) is 7.83. The number of para-hydroxylation sites is 1. The van der Waals surface area contributed by atoms with E-state index in [-0.39, 0.29) is 43.8 Å². The molecule has 8 heteroatoms. The Morgan fingerprint density at radius 3 is 1.94 bits per heavy atom. The van der Waals surface area contributed by atoms with E-state index in [0.29, 0.717) is 5.75 Å². The molecule has 0 aliphatic carbocycles. The van der Waals surface area contributed by atoms with E-state index in [9.17, 15) is 19.5 Å². The topological polar surface area (TPSA) is 122 Å². The van der Waals surface area contributed by atoms with Gasteiger partial charge in [0, 0.05) is 6.42 Å². The van der Waals surface area contributed by atoms with E-state index in [1.54, 1.807) is 12.1 Å². The van der Waals surface area contributed by atoms with Crippen LogP contribution in [0.2, 0.25) is 0 Å². The summed E-state index contributed by atoms with van der Waals surface area (Å²) < 4.78 is 12.0. The number of ether oxygens (including phenoxy) is 2. The average Bonchev–Trinajstić information content (AvgIpc) is 2.86. The van der Waals surface area contributed by atoms with E-state index in [1.165, 1.54) is 6.07 Å². The van der Waals surface area contributed by atoms with Crippen molar-refractivity contribution in [3.8, 4) is 11.5 Å². The number of carboxylic acid groups (broad SMARTS) is 2. The van der Waals surface area contributed by atoms with Crippen molar-refractivity contribution < 1.29 is 34.1 Å². The Labute approximate surface area is 203 Å². The Bertz CT molecular complexity index is 1130. The minimum absolute atomic E-state index is 0.0161. The van der Waals surface area contributed by atoms with Crippen molar-refractivity contribution in [2.75, 3.05) is 0 Å². The van der Waals surface area contributed by atoms with Crippen molar-refractivity contribution in [3.05, 3.63) is 95.6 Å². The van der Waals surface area contributed by atoms with Crippen LogP contribution in [0, 0.1) is 0 Å². The van der Waals surface area contributed by atoms with Crippen molar-refractivity contribution in [2.24, 2.45) is 0 Å². The van der Waals surface area contributed by atoms with Gasteiger partial charge in [-0.15, -0.1) is 0 Å². The SMILES string of the molecule is O=C(O)CCC[C@@H](NC(=O)c1cccc(OCc2ccccc2)c1OCc1ccccc1)C(=O)O. The minimum Gasteiger partial charge on any atom is -0.485 e. The molecular formula is C27H27NO7. The third-order valence-corrected chi connectivity index (χ3v) is 5.17. The third-order valence-electron chi connectivity index (χ3n) is 5.17. The zero-order chi connectivity index (χ0) is 25.0. The van der Waals surface area contributed by atoms with Crippen LogP contribution >= 0.6 is 0 Å². The molecule has 3 N–H and O–H groups in total. The van der Waals surface area contributed by atoms with Crippen molar-refractivity contribution in [2.45, 2.75) is 38.5 Å². The number of nitrogens with one attached hydrogen (secondary N) is 1. The normalized spacial score (nSPS) is 11.3. The lowest BCUT2D eigenvalue weighted by molar-refractivity contribution is -0.140. The van der Waals surface area contributed by atoms with Crippen molar-refractivity contribution in [1.82, 2.24) is 5.32 Å². The van der Waals surface area contributed by atoms with Crippen LogP contribution in [-0.2, 0) is 22.8 Å². The highest BCUT2D eigenvalue weighted by Gasteiger charge is 2.24. The molecule has 182 valence electrons. The zero-order valence-corrected chi connectivity index (χ0v) is 19.1. The van der Waals surface area contributed by atoms with Crippen LogP contribution in [0.5, 0.6) is 11.5 Å². The molecule has 0 bridgehead atoms. The summed E-state index contributed by atoms with van der Waals surface area (Å²) in [7, 11) is 0. The molecule has 0 radical (unpaired) electrons. The molecule has 8 nitrogen and oxygen atoms in total. The van der Waals surface area contributed by atoms with Crippen LogP contribution in [0.1, 0.15) is 40.7 Å². The van der Waals surface area contributed by atoms with E-state index in [0.717, 1.165) is 11.1 Å². The number of benzene rings is 3. The molecule has 0 fully saturated rings. The summed E-state index contributed by atoms with van der Waals surface area (Å²) >= 11 is 0. The maximum Gasteiger partial charge on any atom is 0.326 e. The molecule has 0 aromatic heterocycles. The van der Waals surface area contributed by atoms with Gasteiger partial charge in [0.25, 0.3) is 5.91 Å². The van der Waals surface area contributed by atoms with Crippen LogP contribution in [0.25, 0.3) is 0 Å². The first kappa shape index (κ1) is 25.3. The van der Waals surface area contributed by atoms with E-state index in [4.69, 9.17) is 14.6 Å². The highest BCUT2D eigenvalue weighted by atomic mass is 16.5. The first-order valence-electron chi connectivity index (χ1n) is 11.2. The number of rotatable bonds is 13. The number of carbonyl (C=O) groups excluding carboxylic acids is 1. The number of hydrogen-bond acceptors (Lipinski definition) is 5. The first-order valence-corrected chi connectivity index (χ1v) is 11.2. The molecule has 0 saturated carbocycles. The summed E-state index contributed by atoms with van der Waals surface area (Å²) in [5.74, 6) is -2.39. The number of hydrogen-bond donors (Lipinski definition) is 3. The maximum absolute atomic E-state index is 13.1. The van der Waals surface area contributed by atoms with Gasteiger partial charge in [-0.3, -0.25) is 9.59 Å². The van der Waals surface area contributed by atoms with Crippen LogP contribution in [0.4, 0.5) is 0 Å². The molecule has 0 aliphatic heterocycles. The number of aliphatic carboxylic acids is 2. The summed E-state index contributed by atoms with van der Waals surface area (Å²) in [6.07, 6.45) is -0.0875. The molecule has 0 heterocycles. The minimum atomic E-state index is -1.24. The monoisotopic (exact) mass is 477 g/mol. The average molecular weight is 478 g/mol. The smallest absolute Gasteiger partial charge is 0.326 e. The fourth-order valence-corrected chi connectivity index (χ4v) is 3.37. The van der Waals surface area contributed by atoms with Gasteiger partial charge in [-0.1, -0.05) is 66.7 Å².